The Morgan fingerprint density at radius 3 is 2.53 bits per heavy atom. The lowest BCUT2D eigenvalue weighted by molar-refractivity contribution is 0.534. The van der Waals surface area contributed by atoms with Crippen LogP contribution in [0.5, 0.6) is 0 Å². The van der Waals surface area contributed by atoms with Gasteiger partial charge in [0, 0.05) is 5.02 Å². The van der Waals surface area contributed by atoms with Gasteiger partial charge in [-0.15, -0.1) is 0 Å². The Morgan fingerprint density at radius 1 is 1.33 bits per heavy atom. The zero-order chi connectivity index (χ0) is 10.8. The summed E-state index contributed by atoms with van der Waals surface area (Å²) in [6.45, 7) is 0. The van der Waals surface area contributed by atoms with E-state index in [2.05, 4.69) is 5.10 Å². The number of halogens is 2. The minimum atomic E-state index is -0.667. The van der Waals surface area contributed by atoms with Crippen molar-refractivity contribution >= 4 is 11.6 Å². The van der Waals surface area contributed by atoms with Crippen LogP contribution in [0.1, 0.15) is 5.56 Å². The largest absolute Gasteiger partial charge is 0.234 e. The Hall–Kier alpha value is -1.86. The maximum Gasteiger partial charge on any atom is 0.234 e. The number of rotatable bonds is 1. The van der Waals surface area contributed by atoms with Crippen molar-refractivity contribution in [1.82, 2.24) is 9.78 Å². The van der Waals surface area contributed by atoms with Gasteiger partial charge in [0.05, 0.1) is 11.9 Å². The summed E-state index contributed by atoms with van der Waals surface area (Å²) in [7, 11) is 0. The fraction of sp³-hybridized carbons (Fsp3) is 0. The van der Waals surface area contributed by atoms with Crippen molar-refractivity contribution in [2.75, 3.05) is 0 Å². The van der Waals surface area contributed by atoms with E-state index in [-0.39, 0.29) is 5.56 Å². The first-order chi connectivity index (χ1) is 7.22. The van der Waals surface area contributed by atoms with Crippen LogP contribution in [-0.2, 0) is 0 Å². The van der Waals surface area contributed by atoms with E-state index in [0.29, 0.717) is 10.7 Å². The minimum Gasteiger partial charge on any atom is -0.206 e. The molecule has 0 saturated heterocycles. The van der Waals surface area contributed by atoms with Crippen LogP contribution < -0.4 is 0 Å². The van der Waals surface area contributed by atoms with Crippen molar-refractivity contribution in [2.24, 2.45) is 0 Å². The fourth-order valence-electron chi connectivity index (χ4n) is 1.17. The van der Waals surface area contributed by atoms with Crippen molar-refractivity contribution < 1.29 is 4.39 Å². The average molecular weight is 222 g/mol. The van der Waals surface area contributed by atoms with E-state index in [1.54, 1.807) is 30.3 Å². The van der Waals surface area contributed by atoms with Gasteiger partial charge in [0.1, 0.15) is 11.6 Å². The zero-order valence-corrected chi connectivity index (χ0v) is 8.24. The second-order valence-electron chi connectivity index (χ2n) is 2.85. The van der Waals surface area contributed by atoms with Crippen molar-refractivity contribution in [3.8, 4) is 11.8 Å². The molecule has 15 heavy (non-hydrogen) atoms. The molecule has 5 heteroatoms. The van der Waals surface area contributed by atoms with Crippen LogP contribution in [0.2, 0.25) is 5.02 Å². The SMILES string of the molecule is N#Cc1cnn(-c2ccc(Cl)cc2)c1F. The molecule has 2 rings (SSSR count). The highest BCUT2D eigenvalue weighted by molar-refractivity contribution is 6.30. The maximum absolute atomic E-state index is 13.5. The van der Waals surface area contributed by atoms with Gasteiger partial charge in [0.25, 0.3) is 0 Å². The molecule has 0 unspecified atom stereocenters. The van der Waals surface area contributed by atoms with Gasteiger partial charge in [-0.25, -0.2) is 4.68 Å². The molecule has 3 nitrogen and oxygen atoms in total. The summed E-state index contributed by atoms with van der Waals surface area (Å²) < 4.78 is 14.5. The summed E-state index contributed by atoms with van der Waals surface area (Å²) in [6.07, 6.45) is 1.18. The van der Waals surface area contributed by atoms with Crippen molar-refractivity contribution in [3.05, 3.63) is 47.0 Å². The van der Waals surface area contributed by atoms with E-state index in [1.165, 1.54) is 6.20 Å². The molecule has 0 atom stereocenters. The van der Waals surface area contributed by atoms with Gasteiger partial charge >= 0.3 is 0 Å². The second kappa shape index (κ2) is 3.71. The topological polar surface area (TPSA) is 41.6 Å². The predicted molar refractivity (Wildman–Crippen MR) is 53.2 cm³/mol. The molecule has 0 spiro atoms. The predicted octanol–water partition coefficient (Wildman–Crippen LogP) is 2.54. The number of benzene rings is 1. The van der Waals surface area contributed by atoms with Crippen LogP contribution in [0.25, 0.3) is 5.69 Å². The quantitative estimate of drug-likeness (QED) is 0.743. The van der Waals surface area contributed by atoms with Crippen molar-refractivity contribution in [2.45, 2.75) is 0 Å². The number of hydrogen-bond donors (Lipinski definition) is 0. The van der Waals surface area contributed by atoms with E-state index >= 15 is 0 Å². The Balaban J connectivity index is 2.51. The van der Waals surface area contributed by atoms with Crippen molar-refractivity contribution in [1.29, 1.82) is 5.26 Å². The highest BCUT2D eigenvalue weighted by Crippen LogP contribution is 2.15. The summed E-state index contributed by atoms with van der Waals surface area (Å²) >= 11 is 5.70. The molecule has 0 radical (unpaired) electrons. The first kappa shape index (κ1) is 9.69. The monoisotopic (exact) mass is 221 g/mol. The molecule has 0 aliphatic rings. The number of aromatic nitrogens is 2. The van der Waals surface area contributed by atoms with E-state index in [0.717, 1.165) is 4.68 Å². The molecule has 1 heterocycles. The van der Waals surface area contributed by atoms with Crippen LogP contribution in [0.3, 0.4) is 0 Å². The number of hydrogen-bond acceptors (Lipinski definition) is 2. The lowest BCUT2D eigenvalue weighted by Crippen LogP contribution is -1.99. The lowest BCUT2D eigenvalue weighted by Gasteiger charge is -2.01. The zero-order valence-electron chi connectivity index (χ0n) is 7.48. The van der Waals surface area contributed by atoms with Gasteiger partial charge in [-0.05, 0) is 24.3 Å². The first-order valence-corrected chi connectivity index (χ1v) is 4.49. The summed E-state index contributed by atoms with van der Waals surface area (Å²) in [6, 6.07) is 8.22. The molecule has 0 aliphatic carbocycles. The smallest absolute Gasteiger partial charge is 0.206 e. The molecule has 74 valence electrons. The third kappa shape index (κ3) is 1.69. The van der Waals surface area contributed by atoms with E-state index in [4.69, 9.17) is 16.9 Å². The summed E-state index contributed by atoms with van der Waals surface area (Å²) in [5.41, 5.74) is 0.448. The average Bonchev–Trinajstić information content (AvgIpc) is 2.61. The third-order valence-electron chi connectivity index (χ3n) is 1.90. The van der Waals surface area contributed by atoms with E-state index in [9.17, 15) is 4.39 Å². The van der Waals surface area contributed by atoms with Crippen LogP contribution in [-0.4, -0.2) is 9.78 Å². The molecule has 0 amide bonds. The number of nitrogens with zero attached hydrogens (tertiary/aromatic N) is 3. The Morgan fingerprint density at radius 2 is 2.00 bits per heavy atom. The van der Waals surface area contributed by atoms with Crippen LogP contribution >= 0.6 is 11.6 Å². The summed E-state index contributed by atoms with van der Waals surface area (Å²) in [5.74, 6) is -0.667. The standard InChI is InChI=1S/C10H5ClFN3/c11-8-1-3-9(4-2-8)15-10(12)7(5-13)6-14-15/h1-4,6H. The van der Waals surface area contributed by atoms with Gasteiger partial charge in [-0.1, -0.05) is 11.6 Å². The van der Waals surface area contributed by atoms with Gasteiger partial charge in [0.2, 0.25) is 5.95 Å². The normalized spacial score (nSPS) is 9.93. The lowest BCUT2D eigenvalue weighted by atomic mass is 10.3. The van der Waals surface area contributed by atoms with Gasteiger partial charge in [-0.2, -0.15) is 14.8 Å². The second-order valence-corrected chi connectivity index (χ2v) is 3.29. The maximum atomic E-state index is 13.5. The third-order valence-corrected chi connectivity index (χ3v) is 2.15. The molecule has 0 saturated carbocycles. The Labute approximate surface area is 90.3 Å². The molecule has 0 fully saturated rings. The van der Waals surface area contributed by atoms with Gasteiger partial charge in [0.15, 0.2) is 0 Å². The summed E-state index contributed by atoms with van der Waals surface area (Å²) in [4.78, 5) is 0. The fourth-order valence-corrected chi connectivity index (χ4v) is 1.30. The molecular weight excluding hydrogens is 217 g/mol. The molecule has 1 aromatic carbocycles. The van der Waals surface area contributed by atoms with E-state index < -0.39 is 5.95 Å². The molecule has 1 aromatic heterocycles. The van der Waals surface area contributed by atoms with Crippen molar-refractivity contribution in [3.63, 3.8) is 0 Å². The van der Waals surface area contributed by atoms with E-state index in [1.807, 2.05) is 0 Å². The Bertz CT molecular complexity index is 525. The molecular formula is C10H5ClFN3. The first-order valence-electron chi connectivity index (χ1n) is 4.12. The van der Waals surface area contributed by atoms with Crippen LogP contribution in [0.15, 0.2) is 30.5 Å². The van der Waals surface area contributed by atoms with Gasteiger partial charge in [-0.3, -0.25) is 0 Å². The molecule has 2 aromatic rings. The molecule has 0 aliphatic heterocycles. The Kier molecular flexibility index (Phi) is 2.40. The highest BCUT2D eigenvalue weighted by atomic mass is 35.5. The molecule has 0 N–H and O–H groups in total. The van der Waals surface area contributed by atoms with Crippen LogP contribution in [0, 0.1) is 17.3 Å². The minimum absolute atomic E-state index is 0.0788. The van der Waals surface area contributed by atoms with Gasteiger partial charge < -0.3 is 0 Å². The molecule has 0 bridgehead atoms. The highest BCUT2D eigenvalue weighted by Gasteiger charge is 2.10. The van der Waals surface area contributed by atoms with Crippen LogP contribution in [0.4, 0.5) is 4.39 Å². The summed E-state index contributed by atoms with van der Waals surface area (Å²) in [5, 5.41) is 12.9. The number of nitriles is 1.